The van der Waals surface area contributed by atoms with Crippen LogP contribution in [0.1, 0.15) is 79.5 Å². The number of hydrogen-bond donors (Lipinski definition) is 2. The van der Waals surface area contributed by atoms with Gasteiger partial charge in [0, 0.05) is 26.7 Å². The van der Waals surface area contributed by atoms with E-state index in [2.05, 4.69) is 5.32 Å². The number of carbonyl (C=O) groups is 2. The number of likely N-dealkylation sites (tertiary alicyclic amines) is 1. The van der Waals surface area contributed by atoms with Crippen LogP contribution in [0.2, 0.25) is 18.1 Å². The van der Waals surface area contributed by atoms with Crippen LogP contribution >= 0.6 is 0 Å². The number of urea groups is 1. The van der Waals surface area contributed by atoms with Gasteiger partial charge in [-0.2, -0.15) is 26.3 Å². The molecule has 0 aliphatic carbocycles. The van der Waals surface area contributed by atoms with Crippen molar-refractivity contribution < 1.29 is 59.5 Å². The molecule has 2 N–H and O–H groups in total. The molecular formula is C42H53F7N4O6Si. The molecule has 1 aliphatic rings. The molecule has 1 saturated heterocycles. The highest BCUT2D eigenvalue weighted by molar-refractivity contribution is 6.74. The third kappa shape index (κ3) is 12.4. The maximum Gasteiger partial charge on any atom is 0.416 e. The van der Waals surface area contributed by atoms with Crippen LogP contribution in [0.5, 0.6) is 0 Å². The maximum atomic E-state index is 14.5. The van der Waals surface area contributed by atoms with Gasteiger partial charge in [-0.05, 0) is 108 Å². The average molecular weight is 871 g/mol. The zero-order chi connectivity index (χ0) is 44.8. The number of alkyl halides is 6. The summed E-state index contributed by atoms with van der Waals surface area (Å²) in [5.74, 6) is -0.540. The van der Waals surface area contributed by atoms with E-state index in [0.717, 1.165) is 10.5 Å². The summed E-state index contributed by atoms with van der Waals surface area (Å²) < 4.78 is 109. The van der Waals surface area contributed by atoms with Gasteiger partial charge in [-0.15, -0.1) is 0 Å². The molecule has 0 bridgehead atoms. The van der Waals surface area contributed by atoms with Gasteiger partial charge in [0.25, 0.3) is 8.32 Å². The Bertz CT molecular complexity index is 1960. The van der Waals surface area contributed by atoms with E-state index in [0.29, 0.717) is 28.5 Å². The molecule has 3 aromatic rings. The summed E-state index contributed by atoms with van der Waals surface area (Å²) in [5, 5.41) is 13.9. The summed E-state index contributed by atoms with van der Waals surface area (Å²) in [6.07, 6.45) is -8.81. The molecule has 0 radical (unpaired) electrons. The van der Waals surface area contributed by atoms with Gasteiger partial charge in [0.2, 0.25) is 5.88 Å². The third-order valence-corrected chi connectivity index (χ3v) is 15.5. The SMILES string of the molecule is CON(O)/C(=C/C[C@]1(CNC(=O)OCc2ccccc2)CCN(C(=O)N(C)Cc2cc(C(F)(F)F)cc(C(F)(F)F)c2)[C@@H](c2ccc(F)cc2C)C1)O[Si](C)(C)C(C)(C)C. The highest BCUT2D eigenvalue weighted by atomic mass is 28.4. The van der Waals surface area contributed by atoms with Crippen LogP contribution in [0.25, 0.3) is 0 Å². The highest BCUT2D eigenvalue weighted by Gasteiger charge is 2.45. The van der Waals surface area contributed by atoms with E-state index in [1.165, 1.54) is 37.3 Å². The lowest BCUT2D eigenvalue weighted by atomic mass is 9.71. The molecule has 0 saturated carbocycles. The standard InChI is InChI=1S/C42H53F7N4O6Si/c1-28-20-33(43)14-15-34(28)35-24-40(27-50-37(54)58-26-29-12-10-9-11-13-29,17-16-36(53(56)57-6)59-60(7,8)39(2,3)4)18-19-52(35)38(55)51(5)25-30-21-31(41(44,45)46)23-32(22-30)42(47,48)49/h9-16,20-23,35,56H,17-19,24-27H2,1-8H3,(H,50,54)/b36-16-/t35-,40+/m1/s1. The maximum absolute atomic E-state index is 14.5. The molecule has 18 heteroatoms. The molecule has 1 aliphatic heterocycles. The number of hydroxylamine groups is 2. The van der Waals surface area contributed by atoms with Crippen LogP contribution in [0.4, 0.5) is 40.3 Å². The van der Waals surface area contributed by atoms with Gasteiger partial charge < -0.3 is 24.3 Å². The Morgan fingerprint density at radius 3 is 2.13 bits per heavy atom. The van der Waals surface area contributed by atoms with Crippen LogP contribution < -0.4 is 5.32 Å². The number of alkyl carbamates (subject to hydrolysis) is 1. The van der Waals surface area contributed by atoms with Gasteiger partial charge in [-0.3, -0.25) is 5.21 Å². The zero-order valence-corrected chi connectivity index (χ0v) is 35.9. The smallest absolute Gasteiger partial charge is 0.416 e. The van der Waals surface area contributed by atoms with Crippen molar-refractivity contribution in [1.29, 1.82) is 0 Å². The van der Waals surface area contributed by atoms with E-state index in [9.17, 15) is 45.5 Å². The van der Waals surface area contributed by atoms with Crippen LogP contribution in [0.15, 0.2) is 78.7 Å². The van der Waals surface area contributed by atoms with E-state index in [1.54, 1.807) is 37.3 Å². The summed E-state index contributed by atoms with van der Waals surface area (Å²) in [7, 11) is -0.0555. The van der Waals surface area contributed by atoms with Crippen molar-refractivity contribution >= 4 is 20.4 Å². The number of piperidine rings is 1. The van der Waals surface area contributed by atoms with Crippen LogP contribution in [0.3, 0.4) is 0 Å². The lowest BCUT2D eigenvalue weighted by Gasteiger charge is -2.48. The number of carbonyl (C=O) groups excluding carboxylic acids is 2. The molecule has 1 fully saturated rings. The largest absolute Gasteiger partial charge is 0.529 e. The minimum Gasteiger partial charge on any atom is -0.529 e. The molecule has 10 nitrogen and oxygen atoms in total. The van der Waals surface area contributed by atoms with Crippen molar-refractivity contribution in [2.75, 3.05) is 27.2 Å². The Hall–Kier alpha value is -4.81. The van der Waals surface area contributed by atoms with Crippen molar-refractivity contribution in [3.8, 4) is 0 Å². The van der Waals surface area contributed by atoms with Gasteiger partial charge in [0.1, 0.15) is 12.4 Å². The monoisotopic (exact) mass is 870 g/mol. The number of allylic oxidation sites excluding steroid dienone is 1. The van der Waals surface area contributed by atoms with E-state index < -0.39 is 73.3 Å². The minimum atomic E-state index is -5.08. The molecule has 330 valence electrons. The van der Waals surface area contributed by atoms with Gasteiger partial charge in [0.05, 0.1) is 24.3 Å². The van der Waals surface area contributed by atoms with Gasteiger partial charge >= 0.3 is 24.5 Å². The van der Waals surface area contributed by atoms with Crippen LogP contribution in [-0.4, -0.2) is 67.9 Å². The first kappa shape index (κ1) is 47.9. The number of rotatable bonds is 13. The predicted molar refractivity (Wildman–Crippen MR) is 212 cm³/mol. The van der Waals surface area contributed by atoms with Crippen molar-refractivity contribution in [2.45, 2.75) is 96.6 Å². The second-order valence-electron chi connectivity index (χ2n) is 16.7. The van der Waals surface area contributed by atoms with Crippen molar-refractivity contribution in [3.63, 3.8) is 0 Å². The summed E-state index contributed by atoms with van der Waals surface area (Å²) in [5.41, 5.74) is -2.57. The summed E-state index contributed by atoms with van der Waals surface area (Å²) in [6.45, 7) is 11.0. The number of nitrogens with zero attached hydrogens (tertiary/aromatic N) is 3. The minimum absolute atomic E-state index is 0.00202. The number of benzene rings is 3. The molecule has 2 atom stereocenters. The first-order valence-corrected chi connectivity index (χ1v) is 22.1. The molecular weight excluding hydrogens is 818 g/mol. The number of ether oxygens (including phenoxy) is 1. The molecule has 0 spiro atoms. The Morgan fingerprint density at radius 1 is 0.967 bits per heavy atom. The van der Waals surface area contributed by atoms with Crippen molar-refractivity contribution in [3.05, 3.63) is 118 Å². The summed E-state index contributed by atoms with van der Waals surface area (Å²) in [6, 6.07) is 12.6. The van der Waals surface area contributed by atoms with Crippen LogP contribution in [0, 0.1) is 18.2 Å². The normalized spacial score (nSPS) is 17.9. The number of nitrogens with one attached hydrogen (secondary N) is 1. The Morgan fingerprint density at radius 2 is 1.58 bits per heavy atom. The lowest BCUT2D eigenvalue weighted by molar-refractivity contribution is -0.316. The van der Waals surface area contributed by atoms with Gasteiger partial charge in [0.15, 0.2) is 0 Å². The molecule has 0 aromatic heterocycles. The summed E-state index contributed by atoms with van der Waals surface area (Å²) >= 11 is 0. The molecule has 1 heterocycles. The number of hydrogen-bond acceptors (Lipinski definition) is 7. The molecule has 0 unspecified atom stereocenters. The number of halogens is 7. The van der Waals surface area contributed by atoms with Gasteiger partial charge in [-0.25, -0.2) is 18.8 Å². The second-order valence-corrected chi connectivity index (χ2v) is 21.4. The van der Waals surface area contributed by atoms with Crippen molar-refractivity contribution in [2.24, 2.45) is 5.41 Å². The lowest BCUT2D eigenvalue weighted by Crippen LogP contribution is -2.52. The first-order valence-electron chi connectivity index (χ1n) is 19.2. The number of amides is 3. The average Bonchev–Trinajstić information content (AvgIpc) is 3.16. The van der Waals surface area contributed by atoms with Crippen molar-refractivity contribution in [1.82, 2.24) is 20.3 Å². The van der Waals surface area contributed by atoms with E-state index in [-0.39, 0.29) is 55.9 Å². The number of aryl methyl sites for hydroxylation is 1. The Balaban J connectivity index is 1.74. The predicted octanol–water partition coefficient (Wildman–Crippen LogP) is 11.0. The molecule has 4 rings (SSSR count). The van der Waals surface area contributed by atoms with Crippen LogP contribution in [-0.2, 0) is 39.5 Å². The van der Waals surface area contributed by atoms with E-state index >= 15 is 0 Å². The topological polar surface area (TPSA) is 104 Å². The quantitative estimate of drug-likeness (QED) is 0.0763. The Labute approximate surface area is 346 Å². The second kappa shape index (κ2) is 18.8. The third-order valence-electron chi connectivity index (χ3n) is 11.2. The fourth-order valence-electron chi connectivity index (χ4n) is 6.75. The first-order chi connectivity index (χ1) is 27.7. The van der Waals surface area contributed by atoms with E-state index in [4.69, 9.17) is 14.0 Å². The Kier molecular flexibility index (Phi) is 15.0. The molecule has 3 aromatic carbocycles. The van der Waals surface area contributed by atoms with Gasteiger partial charge in [-0.1, -0.05) is 62.4 Å². The fraction of sp³-hybridized carbons (Fsp3) is 0.476. The molecule has 60 heavy (non-hydrogen) atoms. The van der Waals surface area contributed by atoms with E-state index in [1.807, 2.05) is 39.9 Å². The zero-order valence-electron chi connectivity index (χ0n) is 34.9. The molecule has 3 amide bonds. The summed E-state index contributed by atoms with van der Waals surface area (Å²) in [4.78, 5) is 35.1. The fourth-order valence-corrected chi connectivity index (χ4v) is 7.74. The highest BCUT2D eigenvalue weighted by Crippen LogP contribution is 2.47.